The number of carbonyl (C=O) groups is 1. The molecule has 2 fully saturated rings. The van der Waals surface area contributed by atoms with Gasteiger partial charge in [-0.15, -0.1) is 0 Å². The molecule has 4 N–H and O–H groups in total. The molecule has 2 heterocycles. The summed E-state index contributed by atoms with van der Waals surface area (Å²) in [6, 6.07) is 21.4. The van der Waals surface area contributed by atoms with Crippen LogP contribution in [0.25, 0.3) is 0 Å². The third kappa shape index (κ3) is 5.98. The Morgan fingerprint density at radius 2 is 1.62 bits per heavy atom. The van der Waals surface area contributed by atoms with Crippen LogP contribution in [0.5, 0.6) is 0 Å². The summed E-state index contributed by atoms with van der Waals surface area (Å²) in [7, 11) is 0. The SMILES string of the molecule is CC1(C)OC[C@H](CCNC(=O)[C@@H]2N[C@@H](c3cccc(Cl)c3)[C@](N)(c3ccc(Cl)cc3)[C@H]2c2cccc(Cl)c2)O1. The van der Waals surface area contributed by atoms with Crippen LogP contribution in [0.4, 0.5) is 0 Å². The first-order valence-corrected chi connectivity index (χ1v) is 14.1. The first-order valence-electron chi connectivity index (χ1n) is 13.0. The van der Waals surface area contributed by atoms with Crippen LogP contribution in [-0.2, 0) is 19.8 Å². The maximum Gasteiger partial charge on any atom is 0.237 e. The van der Waals surface area contributed by atoms with Gasteiger partial charge in [0.05, 0.1) is 30.3 Å². The van der Waals surface area contributed by atoms with Crippen LogP contribution < -0.4 is 16.4 Å². The van der Waals surface area contributed by atoms with E-state index in [4.69, 9.17) is 50.0 Å². The first-order chi connectivity index (χ1) is 18.6. The Hall–Kier alpha value is -2.16. The maximum absolute atomic E-state index is 13.9. The van der Waals surface area contributed by atoms with Crippen molar-refractivity contribution in [2.75, 3.05) is 13.2 Å². The molecule has 3 aromatic rings. The lowest BCUT2D eigenvalue weighted by Gasteiger charge is -2.38. The number of ether oxygens (including phenoxy) is 2. The molecule has 0 unspecified atom stereocenters. The standard InChI is InChI=1S/C30H32Cl3N3O3/c1-29(2)38-17-24(39-29)13-14-35-28(37)26-25(18-5-3-7-22(32)15-18)30(34,20-9-11-21(31)12-10-20)27(36-26)19-6-4-8-23(33)16-19/h3-12,15-16,24-27,36H,13-14,17,34H2,1-2H3,(H,35,37)/t24-,25-,26+,27-,30-/m0/s1. The summed E-state index contributed by atoms with van der Waals surface area (Å²) in [5.74, 6) is -1.24. The zero-order chi connectivity index (χ0) is 27.8. The van der Waals surface area contributed by atoms with Gasteiger partial charge in [0.25, 0.3) is 0 Å². The molecule has 39 heavy (non-hydrogen) atoms. The number of benzene rings is 3. The Morgan fingerprint density at radius 3 is 2.23 bits per heavy atom. The predicted molar refractivity (Wildman–Crippen MR) is 155 cm³/mol. The highest BCUT2D eigenvalue weighted by Crippen LogP contribution is 2.51. The van der Waals surface area contributed by atoms with Crippen molar-refractivity contribution in [2.45, 2.75) is 55.7 Å². The van der Waals surface area contributed by atoms with Crippen molar-refractivity contribution >= 4 is 40.7 Å². The average Bonchev–Trinajstić information content (AvgIpc) is 3.41. The van der Waals surface area contributed by atoms with Crippen LogP contribution in [0.3, 0.4) is 0 Å². The molecule has 0 aromatic heterocycles. The Bertz CT molecular complexity index is 1340. The third-order valence-corrected chi connectivity index (χ3v) is 8.24. The van der Waals surface area contributed by atoms with Gasteiger partial charge in [0, 0.05) is 27.5 Å². The van der Waals surface area contributed by atoms with Crippen LogP contribution in [0.2, 0.25) is 15.1 Å². The summed E-state index contributed by atoms with van der Waals surface area (Å²) < 4.78 is 11.6. The van der Waals surface area contributed by atoms with Crippen molar-refractivity contribution < 1.29 is 14.3 Å². The predicted octanol–water partition coefficient (Wildman–Crippen LogP) is 5.96. The number of amides is 1. The van der Waals surface area contributed by atoms with E-state index in [1.165, 1.54) is 0 Å². The minimum Gasteiger partial charge on any atom is -0.355 e. The zero-order valence-corrected chi connectivity index (χ0v) is 24.1. The van der Waals surface area contributed by atoms with Gasteiger partial charge in [-0.25, -0.2) is 0 Å². The van der Waals surface area contributed by atoms with Gasteiger partial charge in [0.15, 0.2) is 5.79 Å². The number of hydrogen-bond acceptors (Lipinski definition) is 5. The van der Waals surface area contributed by atoms with E-state index in [9.17, 15) is 4.79 Å². The van der Waals surface area contributed by atoms with E-state index in [0.717, 1.165) is 16.7 Å². The Kier molecular flexibility index (Phi) is 8.28. The van der Waals surface area contributed by atoms with Crippen LogP contribution in [0.15, 0.2) is 72.8 Å². The van der Waals surface area contributed by atoms with Crippen molar-refractivity contribution in [2.24, 2.45) is 5.73 Å². The van der Waals surface area contributed by atoms with E-state index in [-0.39, 0.29) is 12.0 Å². The average molecular weight is 589 g/mol. The van der Waals surface area contributed by atoms with Gasteiger partial charge in [-0.05, 0) is 73.4 Å². The van der Waals surface area contributed by atoms with Crippen molar-refractivity contribution in [3.8, 4) is 0 Å². The van der Waals surface area contributed by atoms with Gasteiger partial charge in [0.1, 0.15) is 0 Å². The highest BCUT2D eigenvalue weighted by Gasteiger charge is 2.56. The van der Waals surface area contributed by atoms with E-state index in [2.05, 4.69) is 10.6 Å². The van der Waals surface area contributed by atoms with E-state index in [0.29, 0.717) is 34.6 Å². The van der Waals surface area contributed by atoms with Gasteiger partial charge in [-0.2, -0.15) is 0 Å². The number of halogens is 3. The van der Waals surface area contributed by atoms with Crippen LogP contribution >= 0.6 is 34.8 Å². The van der Waals surface area contributed by atoms with Crippen LogP contribution in [0.1, 0.15) is 48.9 Å². The number of hydrogen-bond donors (Lipinski definition) is 3. The molecule has 6 nitrogen and oxygen atoms in total. The Morgan fingerprint density at radius 1 is 0.974 bits per heavy atom. The van der Waals surface area contributed by atoms with E-state index < -0.39 is 29.3 Å². The lowest BCUT2D eigenvalue weighted by atomic mass is 9.70. The molecule has 0 bridgehead atoms. The van der Waals surface area contributed by atoms with Crippen molar-refractivity contribution in [1.29, 1.82) is 0 Å². The Labute approximate surface area is 244 Å². The molecule has 2 saturated heterocycles. The third-order valence-electron chi connectivity index (χ3n) is 7.52. The fraction of sp³-hybridized carbons (Fsp3) is 0.367. The molecule has 0 radical (unpaired) electrons. The molecule has 5 atom stereocenters. The molecule has 1 amide bonds. The number of nitrogens with two attached hydrogens (primary N) is 1. The molecular weight excluding hydrogens is 557 g/mol. The summed E-state index contributed by atoms with van der Waals surface area (Å²) >= 11 is 19.1. The minimum absolute atomic E-state index is 0.0811. The topological polar surface area (TPSA) is 85.6 Å². The van der Waals surface area contributed by atoms with Crippen molar-refractivity contribution in [1.82, 2.24) is 10.6 Å². The molecule has 206 valence electrons. The lowest BCUT2D eigenvalue weighted by molar-refractivity contribution is -0.138. The lowest BCUT2D eigenvalue weighted by Crippen LogP contribution is -2.48. The summed E-state index contributed by atoms with van der Waals surface area (Å²) in [4.78, 5) is 13.9. The largest absolute Gasteiger partial charge is 0.355 e. The van der Waals surface area contributed by atoms with E-state index >= 15 is 0 Å². The monoisotopic (exact) mass is 587 g/mol. The molecule has 0 aliphatic carbocycles. The van der Waals surface area contributed by atoms with Gasteiger partial charge < -0.3 is 20.5 Å². The second-order valence-electron chi connectivity index (χ2n) is 10.6. The van der Waals surface area contributed by atoms with Crippen molar-refractivity contribution in [3.63, 3.8) is 0 Å². The maximum atomic E-state index is 13.9. The van der Waals surface area contributed by atoms with E-state index in [1.807, 2.05) is 86.6 Å². The van der Waals surface area contributed by atoms with E-state index in [1.54, 1.807) is 0 Å². The second-order valence-corrected chi connectivity index (χ2v) is 11.9. The molecule has 3 aromatic carbocycles. The molecular formula is C30H32Cl3N3O3. The number of nitrogens with one attached hydrogen (secondary N) is 2. The van der Waals surface area contributed by atoms with Crippen molar-refractivity contribution in [3.05, 3.63) is 105 Å². The second kappa shape index (κ2) is 11.4. The smallest absolute Gasteiger partial charge is 0.237 e. The fourth-order valence-electron chi connectivity index (χ4n) is 5.78. The van der Waals surface area contributed by atoms with Crippen LogP contribution in [0, 0.1) is 0 Å². The highest BCUT2D eigenvalue weighted by molar-refractivity contribution is 6.31. The quantitative estimate of drug-likeness (QED) is 0.317. The molecule has 0 saturated carbocycles. The molecule has 9 heteroatoms. The summed E-state index contributed by atoms with van der Waals surface area (Å²) in [6.07, 6.45) is 0.550. The fourth-order valence-corrected chi connectivity index (χ4v) is 6.30. The highest BCUT2D eigenvalue weighted by atomic mass is 35.5. The molecule has 0 spiro atoms. The molecule has 2 aliphatic rings. The number of rotatable bonds is 7. The number of carbonyl (C=O) groups excluding carboxylic acids is 1. The van der Waals surface area contributed by atoms with Gasteiger partial charge in [0.2, 0.25) is 5.91 Å². The molecule has 2 aliphatic heterocycles. The first kappa shape index (κ1) is 28.4. The van der Waals surface area contributed by atoms with Crippen LogP contribution in [-0.4, -0.2) is 37.0 Å². The summed E-state index contributed by atoms with van der Waals surface area (Å²) in [6.45, 7) is 4.70. The molecule has 5 rings (SSSR count). The minimum atomic E-state index is -1.05. The van der Waals surface area contributed by atoms with Gasteiger partial charge in [-0.3, -0.25) is 10.1 Å². The Balaban J connectivity index is 1.52. The summed E-state index contributed by atoms with van der Waals surface area (Å²) in [5.41, 5.74) is 8.98. The van der Waals surface area contributed by atoms with Gasteiger partial charge in [-0.1, -0.05) is 71.2 Å². The van der Waals surface area contributed by atoms with Gasteiger partial charge >= 0.3 is 0 Å². The summed E-state index contributed by atoms with van der Waals surface area (Å²) in [5, 5.41) is 8.42. The zero-order valence-electron chi connectivity index (χ0n) is 21.8. The normalized spacial score (nSPS) is 27.9.